The van der Waals surface area contributed by atoms with Gasteiger partial charge in [0.05, 0.1) is 5.54 Å². The molecule has 4 rings (SSSR count). The number of rotatable bonds is 4. The van der Waals surface area contributed by atoms with E-state index in [1.165, 1.54) is 38.8 Å². The smallest absolute Gasteiger partial charge is 0.193 e. The number of benzene rings is 1. The van der Waals surface area contributed by atoms with Crippen molar-refractivity contribution in [2.24, 2.45) is 0 Å². The molecule has 26 heavy (non-hydrogen) atoms. The SMILES string of the molecule is C=C1CC(C)(c2cccc(Cc3ccc(C4CC4)nc3)c2I)NC(=N)N1. The fourth-order valence-electron chi connectivity index (χ4n) is 3.69. The maximum atomic E-state index is 7.99. The molecule has 0 spiro atoms. The monoisotopic (exact) mass is 458 g/mol. The first-order valence-corrected chi connectivity index (χ1v) is 10.1. The standard InChI is InChI=1S/C21H23IN4/c1-13-11-21(2,26-20(23)25-13)17-5-3-4-16(19(17)22)10-14-6-9-18(24-12-14)15-7-8-15/h3-6,9,12,15H,1,7-8,10-11H2,2H3,(H3,23,25,26). The lowest BCUT2D eigenvalue weighted by molar-refractivity contribution is 0.396. The fraction of sp³-hybridized carbons (Fsp3) is 0.333. The van der Waals surface area contributed by atoms with Crippen LogP contribution in [0, 0.1) is 8.98 Å². The first kappa shape index (κ1) is 17.5. The summed E-state index contributed by atoms with van der Waals surface area (Å²) in [4.78, 5) is 4.65. The molecule has 2 aliphatic rings. The first-order chi connectivity index (χ1) is 12.4. The molecule has 2 heterocycles. The Labute approximate surface area is 168 Å². The van der Waals surface area contributed by atoms with Crippen LogP contribution in [0.3, 0.4) is 0 Å². The summed E-state index contributed by atoms with van der Waals surface area (Å²) >= 11 is 2.44. The molecule has 0 radical (unpaired) electrons. The Kier molecular flexibility index (Phi) is 4.50. The van der Waals surface area contributed by atoms with Crippen molar-refractivity contribution in [3.8, 4) is 0 Å². The van der Waals surface area contributed by atoms with E-state index in [-0.39, 0.29) is 5.54 Å². The molecule has 5 heteroatoms. The molecule has 1 aromatic heterocycles. The van der Waals surface area contributed by atoms with Crippen LogP contribution in [0.5, 0.6) is 0 Å². The molecular formula is C21H23IN4. The summed E-state index contributed by atoms with van der Waals surface area (Å²) in [5.41, 5.74) is 5.54. The van der Waals surface area contributed by atoms with Crippen molar-refractivity contribution < 1.29 is 0 Å². The third-order valence-corrected chi connectivity index (χ3v) is 6.45. The molecule has 4 nitrogen and oxygen atoms in total. The number of aromatic nitrogens is 1. The Morgan fingerprint density at radius 3 is 2.77 bits per heavy atom. The fourth-order valence-corrected chi connectivity index (χ4v) is 4.83. The van der Waals surface area contributed by atoms with Crippen LogP contribution >= 0.6 is 22.6 Å². The zero-order valence-corrected chi connectivity index (χ0v) is 17.1. The van der Waals surface area contributed by atoms with Gasteiger partial charge >= 0.3 is 0 Å². The Bertz CT molecular complexity index is 852. The van der Waals surface area contributed by atoms with Crippen LogP contribution in [-0.4, -0.2) is 10.9 Å². The molecule has 1 saturated heterocycles. The number of halogens is 1. The van der Waals surface area contributed by atoms with Crippen molar-refractivity contribution >= 4 is 28.6 Å². The van der Waals surface area contributed by atoms with E-state index in [9.17, 15) is 0 Å². The Balaban J connectivity index is 1.61. The Morgan fingerprint density at radius 2 is 2.12 bits per heavy atom. The normalized spacial score (nSPS) is 22.7. The summed E-state index contributed by atoms with van der Waals surface area (Å²) in [7, 11) is 0. The van der Waals surface area contributed by atoms with Gasteiger partial charge in [0, 0.05) is 39.9 Å². The number of hydrogen-bond donors (Lipinski definition) is 3. The maximum Gasteiger partial charge on any atom is 0.193 e. The summed E-state index contributed by atoms with van der Waals surface area (Å²) < 4.78 is 1.24. The number of guanidine groups is 1. The summed E-state index contributed by atoms with van der Waals surface area (Å²) in [6.07, 6.45) is 6.22. The molecule has 1 atom stereocenters. The van der Waals surface area contributed by atoms with Gasteiger partial charge in [-0.15, -0.1) is 0 Å². The van der Waals surface area contributed by atoms with E-state index in [4.69, 9.17) is 5.41 Å². The maximum absolute atomic E-state index is 7.99. The van der Waals surface area contributed by atoms with Crippen LogP contribution in [0.15, 0.2) is 48.8 Å². The van der Waals surface area contributed by atoms with Gasteiger partial charge in [0.1, 0.15) is 0 Å². The van der Waals surface area contributed by atoms with E-state index in [0.29, 0.717) is 11.9 Å². The molecule has 1 saturated carbocycles. The van der Waals surface area contributed by atoms with Crippen LogP contribution in [0.25, 0.3) is 0 Å². The molecule has 2 aromatic rings. The van der Waals surface area contributed by atoms with Crippen LogP contribution < -0.4 is 10.6 Å². The molecule has 3 N–H and O–H groups in total. The lowest BCUT2D eigenvalue weighted by Gasteiger charge is -2.39. The molecule has 0 amide bonds. The van der Waals surface area contributed by atoms with Crippen molar-refractivity contribution in [2.45, 2.75) is 44.1 Å². The molecule has 2 fully saturated rings. The van der Waals surface area contributed by atoms with E-state index in [0.717, 1.165) is 18.5 Å². The third-order valence-electron chi connectivity index (χ3n) is 5.18. The van der Waals surface area contributed by atoms with Crippen molar-refractivity contribution in [3.05, 3.63) is 74.8 Å². The van der Waals surface area contributed by atoms with Crippen molar-refractivity contribution in [3.63, 3.8) is 0 Å². The highest BCUT2D eigenvalue weighted by Crippen LogP contribution is 2.39. The van der Waals surface area contributed by atoms with E-state index >= 15 is 0 Å². The number of pyridine rings is 1. The van der Waals surface area contributed by atoms with Gasteiger partial charge in [0.25, 0.3) is 0 Å². The number of nitrogens with one attached hydrogen (secondary N) is 3. The van der Waals surface area contributed by atoms with Crippen LogP contribution in [0.1, 0.15) is 54.5 Å². The second-order valence-electron chi connectivity index (χ2n) is 7.56. The topological polar surface area (TPSA) is 60.8 Å². The predicted octanol–water partition coefficient (Wildman–Crippen LogP) is 4.40. The van der Waals surface area contributed by atoms with E-state index in [1.54, 1.807) is 0 Å². The molecule has 1 aliphatic heterocycles. The molecule has 1 aliphatic carbocycles. The second-order valence-corrected chi connectivity index (χ2v) is 8.64. The molecule has 1 unspecified atom stereocenters. The van der Waals surface area contributed by atoms with Gasteiger partial charge in [0.2, 0.25) is 0 Å². The van der Waals surface area contributed by atoms with E-state index < -0.39 is 0 Å². The van der Waals surface area contributed by atoms with E-state index in [1.807, 2.05) is 6.20 Å². The van der Waals surface area contributed by atoms with Gasteiger partial charge in [-0.25, -0.2) is 0 Å². The molecular weight excluding hydrogens is 435 g/mol. The molecule has 1 aromatic carbocycles. The van der Waals surface area contributed by atoms with Crippen LogP contribution in [0.4, 0.5) is 0 Å². The quantitative estimate of drug-likeness (QED) is 0.596. The van der Waals surface area contributed by atoms with Crippen LogP contribution in [0.2, 0.25) is 0 Å². The van der Waals surface area contributed by atoms with Gasteiger partial charge < -0.3 is 10.6 Å². The van der Waals surface area contributed by atoms with Crippen molar-refractivity contribution in [1.29, 1.82) is 5.41 Å². The third kappa shape index (κ3) is 3.49. The van der Waals surface area contributed by atoms with Gasteiger partial charge in [-0.2, -0.15) is 0 Å². The van der Waals surface area contributed by atoms with Gasteiger partial charge in [-0.3, -0.25) is 10.4 Å². The van der Waals surface area contributed by atoms with Crippen LogP contribution in [-0.2, 0) is 12.0 Å². The first-order valence-electron chi connectivity index (χ1n) is 8.99. The summed E-state index contributed by atoms with van der Waals surface area (Å²) in [5, 5.41) is 14.3. The second kappa shape index (κ2) is 6.68. The zero-order chi connectivity index (χ0) is 18.3. The summed E-state index contributed by atoms with van der Waals surface area (Å²) in [6.45, 7) is 6.17. The largest absolute Gasteiger partial charge is 0.347 e. The minimum atomic E-state index is -0.319. The van der Waals surface area contributed by atoms with Gasteiger partial charge in [-0.1, -0.05) is 30.8 Å². The summed E-state index contributed by atoms with van der Waals surface area (Å²) in [6, 6.07) is 10.8. The highest BCUT2D eigenvalue weighted by molar-refractivity contribution is 14.1. The Morgan fingerprint density at radius 1 is 1.31 bits per heavy atom. The highest BCUT2D eigenvalue weighted by Gasteiger charge is 2.34. The average molecular weight is 458 g/mol. The predicted molar refractivity (Wildman–Crippen MR) is 113 cm³/mol. The minimum Gasteiger partial charge on any atom is -0.347 e. The van der Waals surface area contributed by atoms with E-state index in [2.05, 4.69) is 82.0 Å². The lowest BCUT2D eigenvalue weighted by atomic mass is 9.85. The molecule has 134 valence electrons. The van der Waals surface area contributed by atoms with Crippen molar-refractivity contribution in [1.82, 2.24) is 15.6 Å². The average Bonchev–Trinajstić information content (AvgIpc) is 3.41. The highest BCUT2D eigenvalue weighted by atomic mass is 127. The minimum absolute atomic E-state index is 0.310. The molecule has 0 bridgehead atoms. The zero-order valence-electron chi connectivity index (χ0n) is 14.9. The Hall–Kier alpha value is -1.89. The van der Waals surface area contributed by atoms with Crippen molar-refractivity contribution in [2.75, 3.05) is 0 Å². The lowest BCUT2D eigenvalue weighted by Crippen LogP contribution is -2.54. The van der Waals surface area contributed by atoms with Gasteiger partial charge in [0.15, 0.2) is 5.96 Å². The number of hydrogen-bond acceptors (Lipinski definition) is 2. The van der Waals surface area contributed by atoms with Gasteiger partial charge in [-0.05, 0) is 65.1 Å². The summed E-state index contributed by atoms with van der Waals surface area (Å²) in [5.74, 6) is 1.01. The number of nitrogens with zero attached hydrogens (tertiary/aromatic N) is 1.